The van der Waals surface area contributed by atoms with Crippen LogP contribution in [0.1, 0.15) is 122 Å². The van der Waals surface area contributed by atoms with E-state index in [-0.39, 0.29) is 39.7 Å². The van der Waals surface area contributed by atoms with Crippen molar-refractivity contribution in [3.05, 3.63) is 33.5 Å². The van der Waals surface area contributed by atoms with Crippen molar-refractivity contribution in [2.45, 2.75) is 212 Å². The standard InChI is InChI=1S/C50H77BrClF3N2O10Si3/c1-19-70(20-2,21-3)30-22-27-49(41(33-58)64-48(13,14)67-49)28-25-35(51)31-40(38(66-69(17,18)47(10,11)12)26-29-62-68(15,16)46(7,8)9)63-39-24-23-36(56-43(39)52)37(57-44(60)65-45(4,5)6)32-42(59)61-34-50(53,54)55/h23-24,31,37-38,40-41,58H,19-21,27,32-34H2,1-18H3,(H,57,60)/b35-31-/t37-,38+,40+,41-,49-/m1/s1. The first-order valence-corrected chi connectivity index (χ1v) is 33.2. The van der Waals surface area contributed by atoms with Crippen molar-refractivity contribution < 1.29 is 60.4 Å². The Bertz CT molecular complexity index is 2180. The van der Waals surface area contributed by atoms with E-state index < -0.39 is 97.3 Å². The molecule has 2 N–H and O–H groups in total. The molecule has 0 bridgehead atoms. The highest BCUT2D eigenvalue weighted by molar-refractivity contribution is 9.12. The Morgan fingerprint density at radius 3 is 2.07 bits per heavy atom. The number of hydrogen-bond donors (Lipinski definition) is 2. The van der Waals surface area contributed by atoms with Gasteiger partial charge in [-0.05, 0) is 129 Å². The number of halogens is 5. The van der Waals surface area contributed by atoms with Crippen LogP contribution in [0.3, 0.4) is 0 Å². The molecule has 1 fully saturated rings. The number of aliphatic hydroxyl groups is 1. The molecule has 1 aromatic heterocycles. The molecule has 394 valence electrons. The Kier molecular flexibility index (Phi) is 22.3. The number of aliphatic hydroxyl groups excluding tert-OH is 1. The summed E-state index contributed by atoms with van der Waals surface area (Å²) in [7, 11) is -6.91. The fraction of sp³-hybridized carbons (Fsp3) is 0.700. The minimum absolute atomic E-state index is 0.00629. The molecule has 0 radical (unpaired) electrons. The molecular formula is C50H77BrClF3N2O10Si3. The highest BCUT2D eigenvalue weighted by atomic mass is 79.9. The molecule has 1 aliphatic heterocycles. The lowest BCUT2D eigenvalue weighted by molar-refractivity contribution is -0.186. The van der Waals surface area contributed by atoms with Crippen molar-refractivity contribution in [1.82, 2.24) is 10.3 Å². The number of pyridine rings is 1. The second-order valence-electron chi connectivity index (χ2n) is 22.0. The molecule has 0 saturated carbocycles. The average Bonchev–Trinajstić information content (AvgIpc) is 3.48. The lowest BCUT2D eigenvalue weighted by Crippen LogP contribution is -2.47. The second kappa shape index (κ2) is 24.8. The highest BCUT2D eigenvalue weighted by Crippen LogP contribution is 2.41. The van der Waals surface area contributed by atoms with Crippen LogP contribution in [0.2, 0.25) is 59.5 Å². The van der Waals surface area contributed by atoms with Gasteiger partial charge in [0.1, 0.15) is 19.8 Å². The number of esters is 1. The first-order valence-electron chi connectivity index (χ1n) is 23.6. The van der Waals surface area contributed by atoms with Crippen LogP contribution in [0.4, 0.5) is 18.0 Å². The molecule has 1 aromatic rings. The van der Waals surface area contributed by atoms with Gasteiger partial charge in [-0.15, -0.1) is 11.5 Å². The zero-order valence-electron chi connectivity index (χ0n) is 44.4. The summed E-state index contributed by atoms with van der Waals surface area (Å²) >= 11 is 10.5. The van der Waals surface area contributed by atoms with E-state index in [9.17, 15) is 27.9 Å². The quantitative estimate of drug-likeness (QED) is 0.0666. The van der Waals surface area contributed by atoms with Gasteiger partial charge in [0.25, 0.3) is 8.32 Å². The van der Waals surface area contributed by atoms with Crippen molar-refractivity contribution in [1.29, 1.82) is 0 Å². The molecule has 1 aliphatic rings. The number of alkyl carbamates (subject to hydrolysis) is 1. The normalized spacial score (nSPS) is 19.2. The van der Waals surface area contributed by atoms with Gasteiger partial charge in [0, 0.05) is 0 Å². The first kappa shape index (κ1) is 63.1. The van der Waals surface area contributed by atoms with Gasteiger partial charge in [0.15, 0.2) is 49.4 Å². The number of nitrogens with one attached hydrogen (secondary N) is 1. The van der Waals surface area contributed by atoms with Gasteiger partial charge in [0.2, 0.25) is 0 Å². The molecule has 5 atom stereocenters. The van der Waals surface area contributed by atoms with E-state index in [1.54, 1.807) is 40.7 Å². The van der Waals surface area contributed by atoms with E-state index in [0.717, 1.165) is 18.1 Å². The molecular weight excluding hydrogens is 1050 g/mol. The summed E-state index contributed by atoms with van der Waals surface area (Å²) in [4.78, 5) is 30.0. The fourth-order valence-electron chi connectivity index (χ4n) is 6.34. The summed E-state index contributed by atoms with van der Waals surface area (Å²) in [5, 5.41) is 12.4. The molecule has 12 nitrogen and oxygen atoms in total. The number of hydrogen-bond acceptors (Lipinski definition) is 11. The summed E-state index contributed by atoms with van der Waals surface area (Å²) in [6, 6.07) is 4.52. The summed E-state index contributed by atoms with van der Waals surface area (Å²) < 4.78 is 81.7. The number of amides is 1. The number of carbonyl (C=O) groups is 2. The number of allylic oxidation sites excluding steroid dienone is 1. The molecule has 0 unspecified atom stereocenters. The van der Waals surface area contributed by atoms with Gasteiger partial charge in [-0.3, -0.25) is 4.79 Å². The maximum absolute atomic E-state index is 13.0. The summed E-state index contributed by atoms with van der Waals surface area (Å²) in [5.74, 6) is 10.7. The third-order valence-electron chi connectivity index (χ3n) is 12.7. The van der Waals surface area contributed by atoms with Crippen molar-refractivity contribution in [2.75, 3.05) is 13.2 Å². The van der Waals surface area contributed by atoms with Gasteiger partial charge >= 0.3 is 18.2 Å². The Labute approximate surface area is 432 Å². The Balaban J connectivity index is 2.93. The highest BCUT2D eigenvalue weighted by Gasteiger charge is 2.52. The monoisotopic (exact) mass is 1120 g/mol. The van der Waals surface area contributed by atoms with E-state index in [1.165, 1.54) is 12.1 Å². The average molecular weight is 1120 g/mol. The molecule has 0 spiro atoms. The number of carbonyl (C=O) groups excluding carboxylic acids is 2. The topological polar surface area (TPSA) is 144 Å². The molecule has 0 aliphatic carbocycles. The molecule has 70 heavy (non-hydrogen) atoms. The number of rotatable bonds is 17. The lowest BCUT2D eigenvalue weighted by Gasteiger charge is -2.39. The number of nitrogens with zero attached hydrogens (tertiary/aromatic N) is 1. The van der Waals surface area contributed by atoms with Gasteiger partial charge < -0.3 is 43.0 Å². The van der Waals surface area contributed by atoms with E-state index in [1.807, 2.05) is 0 Å². The van der Waals surface area contributed by atoms with Crippen LogP contribution in [0.15, 0.2) is 22.7 Å². The molecule has 1 saturated heterocycles. The molecule has 20 heteroatoms. The fourth-order valence-corrected chi connectivity index (χ4v) is 11.2. The Hall–Kier alpha value is -3.04. The van der Waals surface area contributed by atoms with Crippen LogP contribution < -0.4 is 10.1 Å². The Morgan fingerprint density at radius 2 is 1.57 bits per heavy atom. The number of alkyl halides is 3. The van der Waals surface area contributed by atoms with Gasteiger partial charge in [0.05, 0.1) is 41.8 Å². The van der Waals surface area contributed by atoms with Crippen LogP contribution in [-0.2, 0) is 32.6 Å². The summed E-state index contributed by atoms with van der Waals surface area (Å²) in [6.45, 7) is 33.5. The molecule has 2 heterocycles. The molecule has 0 aromatic carbocycles. The largest absolute Gasteiger partial charge is 0.500 e. The van der Waals surface area contributed by atoms with E-state index in [2.05, 4.69) is 155 Å². The van der Waals surface area contributed by atoms with E-state index in [4.69, 9.17) is 39.4 Å². The van der Waals surface area contributed by atoms with Crippen LogP contribution in [0, 0.1) is 35.3 Å². The van der Waals surface area contributed by atoms with Crippen LogP contribution >= 0.6 is 27.5 Å². The van der Waals surface area contributed by atoms with E-state index in [0.29, 0.717) is 4.48 Å². The first-order chi connectivity index (χ1) is 31.8. The minimum Gasteiger partial charge on any atom is -0.500 e. The zero-order valence-corrected chi connectivity index (χ0v) is 49.8. The van der Waals surface area contributed by atoms with Gasteiger partial charge in [-0.25, -0.2) is 9.78 Å². The van der Waals surface area contributed by atoms with E-state index >= 15 is 0 Å². The van der Waals surface area contributed by atoms with Gasteiger partial charge in [-0.1, -0.05) is 85.8 Å². The Morgan fingerprint density at radius 1 is 0.986 bits per heavy atom. The van der Waals surface area contributed by atoms with Crippen LogP contribution in [0.5, 0.6) is 5.75 Å². The molecule has 1 amide bonds. The van der Waals surface area contributed by atoms with Crippen LogP contribution in [-0.4, -0.2) is 102 Å². The van der Waals surface area contributed by atoms with Crippen molar-refractivity contribution in [3.8, 4) is 41.1 Å². The van der Waals surface area contributed by atoms with Crippen LogP contribution in [0.25, 0.3) is 0 Å². The maximum atomic E-state index is 13.0. The second-order valence-corrected chi connectivity index (χ2v) is 37.6. The van der Waals surface area contributed by atoms with Gasteiger partial charge in [-0.2, -0.15) is 13.2 Å². The third kappa shape index (κ3) is 19.4. The number of ether oxygens (including phenoxy) is 5. The number of aromatic nitrogens is 1. The minimum atomic E-state index is -4.77. The third-order valence-corrected chi connectivity index (χ3v) is 26.9. The summed E-state index contributed by atoms with van der Waals surface area (Å²) in [5.41, 5.74) is 1.33. The van der Waals surface area contributed by atoms with Crippen molar-refractivity contribution in [2.24, 2.45) is 0 Å². The predicted molar refractivity (Wildman–Crippen MR) is 280 cm³/mol. The van der Waals surface area contributed by atoms with Crippen molar-refractivity contribution in [3.63, 3.8) is 0 Å². The predicted octanol–water partition coefficient (Wildman–Crippen LogP) is 12.5. The zero-order chi connectivity index (χ0) is 54.0. The molecule has 2 rings (SSSR count). The smallest absolute Gasteiger partial charge is 0.422 e. The van der Waals surface area contributed by atoms with Crippen molar-refractivity contribution >= 4 is 64.3 Å². The lowest BCUT2D eigenvalue weighted by atomic mass is 9.94. The SMILES string of the molecule is CC[Si](C#CC[C@]1(C#C/C(Br)=C/[C@H](Oc2ccc([C@@H](CC(=O)OCC(F)(F)F)NC(=O)OC(C)(C)C)nc2Cl)[C@H](C#CO[Si](C)(C)C(C)(C)C)O[Si](C)(C)C(C)(C)C)OC(C)(C)O[C@@H]1CO)(CC)CC. The maximum Gasteiger partial charge on any atom is 0.422 e. The summed E-state index contributed by atoms with van der Waals surface area (Å²) in [6.07, 6.45) is -4.59.